The van der Waals surface area contributed by atoms with Gasteiger partial charge in [-0.25, -0.2) is 0 Å². The molecule has 33 heavy (non-hydrogen) atoms. The summed E-state index contributed by atoms with van der Waals surface area (Å²) in [5, 5.41) is 8.98. The Morgan fingerprint density at radius 3 is 2.55 bits per heavy atom. The van der Waals surface area contributed by atoms with Crippen LogP contribution in [-0.4, -0.2) is 34.0 Å². The van der Waals surface area contributed by atoms with E-state index in [1.165, 1.54) is 6.20 Å². The van der Waals surface area contributed by atoms with E-state index in [-0.39, 0.29) is 24.1 Å². The molecule has 0 radical (unpaired) electrons. The molecule has 0 atom stereocenters. The highest BCUT2D eigenvalue weighted by molar-refractivity contribution is 5.71. The maximum absolute atomic E-state index is 13.8. The molecule has 1 aromatic carbocycles. The standard InChI is InChI=1S/C25H29F3N2O3/c1-16-9-17(12-30-13-19(14-30)24(31)32)7-8-23(16)33-15-20-10-22(25(26,27)28)21(11-29-20)18-5-3-2-4-6-18/h7-11,18-19H,2-6,12-15H2,1H3,(H,31,32). The van der Waals surface area contributed by atoms with Crippen LogP contribution in [0.3, 0.4) is 0 Å². The number of rotatable bonds is 7. The lowest BCUT2D eigenvalue weighted by Gasteiger charge is -2.36. The van der Waals surface area contributed by atoms with E-state index < -0.39 is 17.7 Å². The largest absolute Gasteiger partial charge is 0.487 e. The summed E-state index contributed by atoms with van der Waals surface area (Å²) in [6, 6.07) is 6.80. The Kier molecular flexibility index (Phi) is 6.93. The number of hydrogen-bond acceptors (Lipinski definition) is 4. The van der Waals surface area contributed by atoms with Gasteiger partial charge in [0.2, 0.25) is 0 Å². The van der Waals surface area contributed by atoms with Gasteiger partial charge in [-0.1, -0.05) is 31.4 Å². The van der Waals surface area contributed by atoms with E-state index in [1.807, 2.05) is 19.1 Å². The van der Waals surface area contributed by atoms with Crippen molar-refractivity contribution in [1.29, 1.82) is 0 Å². The highest BCUT2D eigenvalue weighted by Crippen LogP contribution is 2.40. The summed E-state index contributed by atoms with van der Waals surface area (Å²) in [5.41, 5.74) is 1.88. The number of aliphatic carboxylic acids is 1. The third kappa shape index (κ3) is 5.66. The molecule has 1 aliphatic carbocycles. The van der Waals surface area contributed by atoms with E-state index >= 15 is 0 Å². The molecule has 4 rings (SSSR count). The number of aromatic nitrogens is 1. The van der Waals surface area contributed by atoms with Crippen LogP contribution < -0.4 is 4.74 Å². The number of benzene rings is 1. The van der Waals surface area contributed by atoms with Crippen molar-refractivity contribution in [2.45, 2.75) is 64.3 Å². The normalized spacial score (nSPS) is 18.2. The van der Waals surface area contributed by atoms with Crippen molar-refractivity contribution in [2.75, 3.05) is 13.1 Å². The van der Waals surface area contributed by atoms with E-state index in [0.29, 0.717) is 30.9 Å². The lowest BCUT2D eigenvalue weighted by Crippen LogP contribution is -2.49. The fourth-order valence-corrected chi connectivity index (χ4v) is 4.81. The summed E-state index contributed by atoms with van der Waals surface area (Å²) in [6.45, 7) is 3.58. The molecule has 1 aromatic heterocycles. The number of carboxylic acids is 1. The SMILES string of the molecule is Cc1cc(CN2CC(C(=O)O)C2)ccc1OCc1cc(C(F)(F)F)c(C2CCCCC2)cn1. The molecule has 0 amide bonds. The van der Waals surface area contributed by atoms with Crippen molar-refractivity contribution in [2.24, 2.45) is 5.92 Å². The van der Waals surface area contributed by atoms with Gasteiger partial charge in [0.15, 0.2) is 0 Å². The molecule has 1 saturated heterocycles. The smallest absolute Gasteiger partial charge is 0.416 e. The van der Waals surface area contributed by atoms with Crippen LogP contribution in [0, 0.1) is 12.8 Å². The van der Waals surface area contributed by atoms with Crippen LogP contribution in [-0.2, 0) is 24.1 Å². The predicted octanol–water partition coefficient (Wildman–Crippen LogP) is 5.55. The molecule has 1 aliphatic heterocycles. The zero-order chi connectivity index (χ0) is 23.6. The van der Waals surface area contributed by atoms with Gasteiger partial charge in [-0.2, -0.15) is 13.2 Å². The summed E-state index contributed by atoms with van der Waals surface area (Å²) < 4.78 is 47.1. The van der Waals surface area contributed by atoms with Gasteiger partial charge in [-0.15, -0.1) is 0 Å². The third-order valence-electron chi connectivity index (χ3n) is 6.67. The molecular weight excluding hydrogens is 433 g/mol. The fourth-order valence-electron chi connectivity index (χ4n) is 4.81. The molecule has 0 unspecified atom stereocenters. The Morgan fingerprint density at radius 1 is 1.18 bits per heavy atom. The molecule has 0 bridgehead atoms. The van der Waals surface area contributed by atoms with Crippen LogP contribution in [0.1, 0.15) is 66.0 Å². The second kappa shape index (κ2) is 9.71. The zero-order valence-corrected chi connectivity index (χ0v) is 18.7. The highest BCUT2D eigenvalue weighted by Gasteiger charge is 2.36. The van der Waals surface area contributed by atoms with Gasteiger partial charge in [0.05, 0.1) is 17.2 Å². The number of hydrogen-bond donors (Lipinski definition) is 1. The Labute approximate surface area is 191 Å². The van der Waals surface area contributed by atoms with Crippen molar-refractivity contribution in [3.05, 3.63) is 58.4 Å². The topological polar surface area (TPSA) is 62.7 Å². The van der Waals surface area contributed by atoms with Crippen molar-refractivity contribution in [3.63, 3.8) is 0 Å². The van der Waals surface area contributed by atoms with Gasteiger partial charge >= 0.3 is 12.1 Å². The number of aryl methyl sites for hydroxylation is 1. The maximum atomic E-state index is 13.8. The van der Waals surface area contributed by atoms with Gasteiger partial charge in [0, 0.05) is 25.8 Å². The third-order valence-corrected chi connectivity index (χ3v) is 6.67. The predicted molar refractivity (Wildman–Crippen MR) is 117 cm³/mol. The number of pyridine rings is 1. The number of carboxylic acid groups (broad SMARTS) is 1. The summed E-state index contributed by atoms with van der Waals surface area (Å²) in [5.74, 6) is -0.546. The number of nitrogens with zero attached hydrogens (tertiary/aromatic N) is 2. The minimum absolute atomic E-state index is 0.0410. The molecule has 1 N–H and O–H groups in total. The maximum Gasteiger partial charge on any atom is 0.416 e. The number of carbonyl (C=O) groups is 1. The van der Waals surface area contributed by atoms with Gasteiger partial charge in [0.1, 0.15) is 12.4 Å². The van der Waals surface area contributed by atoms with Gasteiger partial charge < -0.3 is 9.84 Å². The van der Waals surface area contributed by atoms with E-state index in [2.05, 4.69) is 9.88 Å². The highest BCUT2D eigenvalue weighted by atomic mass is 19.4. The van der Waals surface area contributed by atoms with Crippen LogP contribution in [0.5, 0.6) is 5.75 Å². The lowest BCUT2D eigenvalue weighted by atomic mass is 9.82. The van der Waals surface area contributed by atoms with Gasteiger partial charge in [-0.05, 0) is 54.5 Å². The van der Waals surface area contributed by atoms with Crippen LogP contribution in [0.25, 0.3) is 0 Å². The van der Waals surface area contributed by atoms with Crippen molar-refractivity contribution in [1.82, 2.24) is 9.88 Å². The van der Waals surface area contributed by atoms with E-state index in [4.69, 9.17) is 9.84 Å². The number of alkyl halides is 3. The first-order valence-corrected chi connectivity index (χ1v) is 11.4. The van der Waals surface area contributed by atoms with E-state index in [1.54, 1.807) is 6.07 Å². The Balaban J connectivity index is 1.40. The molecule has 178 valence electrons. The zero-order valence-electron chi connectivity index (χ0n) is 18.7. The second-order valence-electron chi connectivity index (χ2n) is 9.21. The Morgan fingerprint density at radius 2 is 1.91 bits per heavy atom. The molecule has 1 saturated carbocycles. The molecule has 2 heterocycles. The summed E-state index contributed by atoms with van der Waals surface area (Å²) >= 11 is 0. The quantitative estimate of drug-likeness (QED) is 0.584. The number of likely N-dealkylation sites (tertiary alicyclic amines) is 1. The monoisotopic (exact) mass is 462 g/mol. The van der Waals surface area contributed by atoms with Gasteiger partial charge in [-0.3, -0.25) is 14.7 Å². The lowest BCUT2D eigenvalue weighted by molar-refractivity contribution is -0.147. The summed E-state index contributed by atoms with van der Waals surface area (Å²) in [7, 11) is 0. The molecule has 5 nitrogen and oxygen atoms in total. The number of ether oxygens (including phenoxy) is 1. The molecule has 2 aromatic rings. The van der Waals surface area contributed by atoms with Crippen molar-refractivity contribution < 1.29 is 27.8 Å². The molecule has 0 spiro atoms. The molecule has 8 heteroatoms. The summed E-state index contributed by atoms with van der Waals surface area (Å²) in [6.07, 6.45) is 1.53. The fraction of sp³-hybridized carbons (Fsp3) is 0.520. The average molecular weight is 463 g/mol. The molecule has 2 aliphatic rings. The first-order valence-electron chi connectivity index (χ1n) is 11.4. The van der Waals surface area contributed by atoms with Crippen LogP contribution in [0.15, 0.2) is 30.5 Å². The molecular formula is C25H29F3N2O3. The Hall–Kier alpha value is -2.61. The van der Waals surface area contributed by atoms with Crippen LogP contribution in [0.2, 0.25) is 0 Å². The minimum atomic E-state index is -4.42. The van der Waals surface area contributed by atoms with Crippen LogP contribution in [0.4, 0.5) is 13.2 Å². The first-order chi connectivity index (χ1) is 15.7. The van der Waals surface area contributed by atoms with E-state index in [0.717, 1.165) is 49.3 Å². The molecule has 2 fully saturated rings. The van der Waals surface area contributed by atoms with Crippen molar-refractivity contribution in [3.8, 4) is 5.75 Å². The van der Waals surface area contributed by atoms with Gasteiger partial charge in [0.25, 0.3) is 0 Å². The van der Waals surface area contributed by atoms with Crippen molar-refractivity contribution >= 4 is 5.97 Å². The number of halogens is 3. The van der Waals surface area contributed by atoms with E-state index in [9.17, 15) is 18.0 Å². The average Bonchev–Trinajstić information content (AvgIpc) is 2.75. The second-order valence-corrected chi connectivity index (χ2v) is 9.21. The summed E-state index contributed by atoms with van der Waals surface area (Å²) in [4.78, 5) is 17.3. The minimum Gasteiger partial charge on any atom is -0.487 e. The Bertz CT molecular complexity index is 997. The van der Waals surface area contributed by atoms with Crippen LogP contribution >= 0.6 is 0 Å². The first kappa shape index (κ1) is 23.5.